The van der Waals surface area contributed by atoms with Gasteiger partial charge in [-0.1, -0.05) is 17.7 Å². The number of benzene rings is 1. The molecule has 13 heteroatoms. The van der Waals surface area contributed by atoms with Crippen molar-refractivity contribution in [2.24, 2.45) is 0 Å². The van der Waals surface area contributed by atoms with Gasteiger partial charge in [0.2, 0.25) is 5.91 Å². The predicted molar refractivity (Wildman–Crippen MR) is 157 cm³/mol. The molecule has 5 heterocycles. The summed E-state index contributed by atoms with van der Waals surface area (Å²) < 4.78 is 18.1. The summed E-state index contributed by atoms with van der Waals surface area (Å²) >= 11 is 9.34. The third kappa shape index (κ3) is 5.43. The lowest BCUT2D eigenvalue weighted by molar-refractivity contribution is -0.138. The molecule has 0 aliphatic carbocycles. The minimum absolute atomic E-state index is 0.0949. The summed E-state index contributed by atoms with van der Waals surface area (Å²) in [7, 11) is 0. The van der Waals surface area contributed by atoms with Crippen molar-refractivity contribution in [1.82, 2.24) is 34.3 Å². The van der Waals surface area contributed by atoms with Crippen LogP contribution in [0.3, 0.4) is 0 Å². The first-order valence-electron chi connectivity index (χ1n) is 13.2. The van der Waals surface area contributed by atoms with Crippen molar-refractivity contribution in [3.63, 3.8) is 0 Å². The first-order valence-corrected chi connectivity index (χ1v) is 14.3. The number of hydrogen-bond acceptors (Lipinski definition) is 7. The first kappa shape index (κ1) is 28.1. The van der Waals surface area contributed by atoms with Crippen LogP contribution in [0.2, 0.25) is 5.02 Å². The van der Waals surface area contributed by atoms with Gasteiger partial charge in [0.05, 0.1) is 35.9 Å². The number of aryl methyl sites for hydroxylation is 1. The number of rotatable bonds is 7. The Bertz CT molecular complexity index is 1890. The van der Waals surface area contributed by atoms with Gasteiger partial charge >= 0.3 is 0 Å². The van der Waals surface area contributed by atoms with E-state index < -0.39 is 18.1 Å². The maximum atomic E-state index is 14.5. The Morgan fingerprint density at radius 1 is 1.12 bits per heavy atom. The summed E-state index contributed by atoms with van der Waals surface area (Å²) in [5.41, 5.74) is 4.34. The molecule has 1 aromatic carbocycles. The van der Waals surface area contributed by atoms with Crippen molar-refractivity contribution >= 4 is 61.6 Å². The summed E-state index contributed by atoms with van der Waals surface area (Å²) in [6.07, 6.45) is 2.06. The van der Waals surface area contributed by atoms with Crippen LogP contribution in [0.4, 0.5) is 4.39 Å². The van der Waals surface area contributed by atoms with E-state index in [0.717, 1.165) is 22.5 Å². The van der Waals surface area contributed by atoms with E-state index in [1.54, 1.807) is 28.9 Å². The summed E-state index contributed by atoms with van der Waals surface area (Å²) in [4.78, 5) is 49.2. The molecule has 10 nitrogen and oxygen atoms in total. The van der Waals surface area contributed by atoms with Gasteiger partial charge in [0.25, 0.3) is 0 Å². The lowest BCUT2D eigenvalue weighted by atomic mass is 10.0. The van der Waals surface area contributed by atoms with E-state index in [0.29, 0.717) is 26.2 Å². The molecule has 0 unspecified atom stereocenters. The molecule has 42 heavy (non-hydrogen) atoms. The number of fused-ring (bicyclic) bond motifs is 2. The smallest absolute Gasteiger partial charge is 0.245 e. The zero-order valence-corrected chi connectivity index (χ0v) is 24.9. The maximum absolute atomic E-state index is 14.5. The minimum Gasteiger partial charge on any atom is -0.328 e. The topological polar surface area (TPSA) is 115 Å². The molecule has 214 valence electrons. The van der Waals surface area contributed by atoms with Crippen molar-refractivity contribution in [2.75, 3.05) is 6.54 Å². The summed E-state index contributed by atoms with van der Waals surface area (Å²) in [5, 5.41) is 9.84. The van der Waals surface area contributed by atoms with E-state index in [1.165, 1.54) is 16.5 Å². The van der Waals surface area contributed by atoms with Gasteiger partial charge in [-0.15, -0.1) is 0 Å². The lowest BCUT2D eigenvalue weighted by Crippen LogP contribution is -2.43. The number of Topliss-reactive ketones (excluding diaryl/α,β-unsaturated/α-hetero) is 2. The average molecular weight is 653 g/mol. The Labute approximate surface area is 252 Å². The number of likely N-dealkylation sites (tertiary alicyclic amines) is 1. The number of aromatic nitrogens is 6. The van der Waals surface area contributed by atoms with E-state index in [9.17, 15) is 18.8 Å². The standard InChI is InChI=1S/C29H24BrClFN7O3/c1-15-5-27-33-11-18(12-39(27)35-15)17-3-4-23-22(6-17)29(16(2)40)36-38(23)14-28(42)37-13-20(32)9-24(37)25(41)10-21-7-19(31)8-26(30)34-21/h3-8,11-12,20,24H,9-10,13-14H2,1-2H3/t20-,24+/m1/s1. The highest BCUT2D eigenvalue weighted by Crippen LogP contribution is 2.29. The molecule has 0 spiro atoms. The van der Waals surface area contributed by atoms with Gasteiger partial charge in [0, 0.05) is 47.8 Å². The highest BCUT2D eigenvalue weighted by molar-refractivity contribution is 9.10. The number of carbonyl (C=O) groups is 3. The highest BCUT2D eigenvalue weighted by atomic mass is 79.9. The number of halogens is 3. The minimum atomic E-state index is -1.34. The lowest BCUT2D eigenvalue weighted by Gasteiger charge is -2.23. The van der Waals surface area contributed by atoms with Gasteiger partial charge in [-0.2, -0.15) is 10.2 Å². The molecule has 1 aliphatic heterocycles. The van der Waals surface area contributed by atoms with Crippen LogP contribution in [0.5, 0.6) is 0 Å². The Morgan fingerprint density at radius 3 is 2.69 bits per heavy atom. The predicted octanol–water partition coefficient (Wildman–Crippen LogP) is 4.82. The molecule has 5 aromatic rings. The van der Waals surface area contributed by atoms with Gasteiger partial charge in [0.15, 0.2) is 17.2 Å². The van der Waals surface area contributed by atoms with Crippen LogP contribution < -0.4 is 0 Å². The Hall–Kier alpha value is -4.03. The van der Waals surface area contributed by atoms with Crippen LogP contribution in [0.15, 0.2) is 53.4 Å². The van der Waals surface area contributed by atoms with Crippen LogP contribution in [0.1, 0.15) is 35.2 Å². The van der Waals surface area contributed by atoms with Crippen LogP contribution in [0.25, 0.3) is 27.7 Å². The number of carbonyl (C=O) groups excluding carboxylic acids is 3. The van der Waals surface area contributed by atoms with Crippen LogP contribution in [0, 0.1) is 6.92 Å². The SMILES string of the molecule is CC(=O)c1nn(CC(=O)N2C[C@H](F)C[C@H]2C(=O)Cc2cc(Cl)cc(Br)n2)c2ccc(-c3cnc4cc(C)nn4c3)cc12. The van der Waals surface area contributed by atoms with Crippen molar-refractivity contribution < 1.29 is 18.8 Å². The fraction of sp³-hybridized carbons (Fsp3) is 0.276. The second-order valence-corrected chi connectivity index (χ2v) is 11.6. The van der Waals surface area contributed by atoms with Gasteiger partial charge in [-0.3, -0.25) is 19.1 Å². The molecule has 4 aromatic heterocycles. The zero-order valence-electron chi connectivity index (χ0n) is 22.6. The van der Waals surface area contributed by atoms with Crippen LogP contribution >= 0.6 is 27.5 Å². The van der Waals surface area contributed by atoms with Gasteiger partial charge < -0.3 is 4.90 Å². The third-order valence-electron chi connectivity index (χ3n) is 7.25. The quantitative estimate of drug-likeness (QED) is 0.183. The molecule has 1 saturated heterocycles. The molecule has 1 fully saturated rings. The largest absolute Gasteiger partial charge is 0.328 e. The molecule has 0 bridgehead atoms. The molecule has 1 amide bonds. The summed E-state index contributed by atoms with van der Waals surface area (Å²) in [6, 6.07) is 9.55. The fourth-order valence-electron chi connectivity index (χ4n) is 5.37. The van der Waals surface area contributed by atoms with E-state index in [4.69, 9.17) is 11.6 Å². The molecular formula is C29H24BrClFN7O3. The van der Waals surface area contributed by atoms with Crippen molar-refractivity contribution in [2.45, 2.75) is 45.4 Å². The number of pyridine rings is 1. The van der Waals surface area contributed by atoms with Gasteiger partial charge in [-0.25, -0.2) is 18.9 Å². The van der Waals surface area contributed by atoms with Crippen molar-refractivity contribution in [3.05, 3.63) is 75.5 Å². The van der Waals surface area contributed by atoms with Crippen molar-refractivity contribution in [3.8, 4) is 11.1 Å². The van der Waals surface area contributed by atoms with Gasteiger partial charge in [0.1, 0.15) is 23.0 Å². The normalized spacial score (nSPS) is 16.9. The van der Waals surface area contributed by atoms with E-state index >= 15 is 0 Å². The van der Waals surface area contributed by atoms with Crippen LogP contribution in [-0.2, 0) is 22.6 Å². The number of ketones is 2. The van der Waals surface area contributed by atoms with Gasteiger partial charge in [-0.05, 0) is 52.7 Å². The second kappa shape index (κ2) is 11.0. The Balaban J connectivity index is 1.27. The van der Waals surface area contributed by atoms with Crippen LogP contribution in [-0.4, -0.2) is 70.5 Å². The van der Waals surface area contributed by atoms with E-state index in [1.807, 2.05) is 31.3 Å². The zero-order chi connectivity index (χ0) is 29.7. The summed E-state index contributed by atoms with van der Waals surface area (Å²) in [6.45, 7) is 2.83. The van der Waals surface area contributed by atoms with E-state index in [2.05, 4.69) is 36.1 Å². The maximum Gasteiger partial charge on any atom is 0.245 e. The number of hydrogen-bond donors (Lipinski definition) is 0. The molecule has 0 radical (unpaired) electrons. The molecule has 6 rings (SSSR count). The third-order valence-corrected chi connectivity index (χ3v) is 7.87. The second-order valence-electron chi connectivity index (χ2n) is 10.4. The average Bonchev–Trinajstić information content (AvgIpc) is 3.61. The molecule has 0 N–H and O–H groups in total. The number of amides is 1. The van der Waals surface area contributed by atoms with Crippen molar-refractivity contribution in [1.29, 1.82) is 0 Å². The summed E-state index contributed by atoms with van der Waals surface area (Å²) in [5.74, 6) is -1.07. The molecule has 1 aliphatic rings. The fourth-order valence-corrected chi connectivity index (χ4v) is 6.21. The Morgan fingerprint density at radius 2 is 1.93 bits per heavy atom. The molecular weight excluding hydrogens is 629 g/mol. The van der Waals surface area contributed by atoms with E-state index in [-0.39, 0.29) is 43.2 Å². The number of nitrogens with zero attached hydrogens (tertiary/aromatic N) is 7. The highest BCUT2D eigenvalue weighted by Gasteiger charge is 2.39. The molecule has 0 saturated carbocycles. The molecule has 2 atom stereocenters. The number of alkyl halides is 1. The monoisotopic (exact) mass is 651 g/mol. The first-order chi connectivity index (χ1) is 20.0. The Kier molecular flexibility index (Phi) is 7.36.